The van der Waals surface area contributed by atoms with Gasteiger partial charge in [0.15, 0.2) is 0 Å². The van der Waals surface area contributed by atoms with Gasteiger partial charge >= 0.3 is 0 Å². The smallest absolute Gasteiger partial charge is 0.242 e. The summed E-state index contributed by atoms with van der Waals surface area (Å²) in [5.74, 6) is 1.25. The molecule has 1 aromatic rings. The van der Waals surface area contributed by atoms with E-state index in [1.807, 2.05) is 6.92 Å². The summed E-state index contributed by atoms with van der Waals surface area (Å²) >= 11 is 0. The molecule has 0 aliphatic carbocycles. The molecular weight excluding hydrogens is 218 g/mol. The van der Waals surface area contributed by atoms with E-state index in [4.69, 9.17) is 9.15 Å². The summed E-state index contributed by atoms with van der Waals surface area (Å²) in [5.41, 5.74) is 0.162. The molecule has 0 amide bonds. The second-order valence-electron chi connectivity index (χ2n) is 5.01. The maximum atomic E-state index is 5.44. The Morgan fingerprint density at radius 2 is 1.94 bits per heavy atom. The number of hydrogen-bond donors (Lipinski definition) is 1. The Bertz CT molecular complexity index is 318. The highest BCUT2D eigenvalue weighted by molar-refractivity contribution is 4.81. The van der Waals surface area contributed by atoms with Gasteiger partial charge in [-0.1, -0.05) is 0 Å². The van der Waals surface area contributed by atoms with E-state index in [9.17, 15) is 0 Å². The lowest BCUT2D eigenvalue weighted by atomic mass is 10.1. The number of rotatable bonds is 7. The zero-order chi connectivity index (χ0) is 12.7. The van der Waals surface area contributed by atoms with Crippen molar-refractivity contribution in [2.75, 3.05) is 13.2 Å². The van der Waals surface area contributed by atoms with Crippen molar-refractivity contribution >= 4 is 0 Å². The van der Waals surface area contributed by atoms with Gasteiger partial charge in [0.05, 0.1) is 0 Å². The van der Waals surface area contributed by atoms with Crippen molar-refractivity contribution in [1.82, 2.24) is 15.5 Å². The third-order valence-electron chi connectivity index (χ3n) is 2.16. The van der Waals surface area contributed by atoms with Crippen molar-refractivity contribution in [2.45, 2.75) is 52.7 Å². The van der Waals surface area contributed by atoms with Crippen LogP contribution in [0.3, 0.4) is 0 Å². The van der Waals surface area contributed by atoms with E-state index in [0.29, 0.717) is 25.0 Å². The maximum absolute atomic E-state index is 5.44. The molecular formula is C12H23N3O2. The molecule has 0 saturated heterocycles. The second-order valence-corrected chi connectivity index (χ2v) is 5.01. The van der Waals surface area contributed by atoms with Gasteiger partial charge in [-0.05, 0) is 40.7 Å². The Morgan fingerprint density at radius 3 is 2.59 bits per heavy atom. The third kappa shape index (κ3) is 6.38. The summed E-state index contributed by atoms with van der Waals surface area (Å²) in [6.07, 6.45) is 1.80. The highest BCUT2D eigenvalue weighted by Crippen LogP contribution is 2.05. The van der Waals surface area contributed by atoms with E-state index < -0.39 is 0 Å². The first kappa shape index (κ1) is 14.1. The average Bonchev–Trinajstić information content (AvgIpc) is 2.68. The Labute approximate surface area is 103 Å². The molecule has 0 aliphatic heterocycles. The van der Waals surface area contributed by atoms with Crippen LogP contribution in [0.15, 0.2) is 4.42 Å². The lowest BCUT2D eigenvalue weighted by Gasteiger charge is -2.19. The lowest BCUT2D eigenvalue weighted by Crippen LogP contribution is -2.36. The molecule has 5 nitrogen and oxygen atoms in total. The fourth-order valence-corrected chi connectivity index (χ4v) is 1.34. The summed E-state index contributed by atoms with van der Waals surface area (Å²) in [6.45, 7) is 10.4. The van der Waals surface area contributed by atoms with Crippen molar-refractivity contribution in [3.63, 3.8) is 0 Å². The van der Waals surface area contributed by atoms with Crippen LogP contribution in [-0.4, -0.2) is 28.9 Å². The molecule has 98 valence electrons. The van der Waals surface area contributed by atoms with Crippen LogP contribution < -0.4 is 5.32 Å². The standard InChI is InChI=1S/C12H23N3O2/c1-5-16-9-11-15-14-10(17-11)7-6-8-13-12(2,3)4/h13H,5-9H2,1-4H3. The molecule has 1 rings (SSSR count). The van der Waals surface area contributed by atoms with Crippen LogP contribution in [0.4, 0.5) is 0 Å². The molecule has 0 radical (unpaired) electrons. The van der Waals surface area contributed by atoms with Gasteiger partial charge in [0.1, 0.15) is 6.61 Å². The first-order valence-electron chi connectivity index (χ1n) is 6.15. The van der Waals surface area contributed by atoms with Gasteiger partial charge in [0, 0.05) is 18.6 Å². The minimum absolute atomic E-state index is 0.162. The molecule has 0 bridgehead atoms. The van der Waals surface area contributed by atoms with E-state index >= 15 is 0 Å². The van der Waals surface area contributed by atoms with Gasteiger partial charge in [-0.25, -0.2) is 0 Å². The maximum Gasteiger partial charge on any atom is 0.242 e. The van der Waals surface area contributed by atoms with Crippen LogP contribution in [0.25, 0.3) is 0 Å². The minimum Gasteiger partial charge on any atom is -0.423 e. The highest BCUT2D eigenvalue weighted by Gasteiger charge is 2.09. The van der Waals surface area contributed by atoms with Crippen LogP contribution >= 0.6 is 0 Å². The average molecular weight is 241 g/mol. The van der Waals surface area contributed by atoms with Crippen LogP contribution in [0.5, 0.6) is 0 Å². The molecule has 1 N–H and O–H groups in total. The Hall–Kier alpha value is -0.940. The third-order valence-corrected chi connectivity index (χ3v) is 2.16. The van der Waals surface area contributed by atoms with Gasteiger partial charge < -0.3 is 14.5 Å². The van der Waals surface area contributed by atoms with E-state index in [1.165, 1.54) is 0 Å². The molecule has 0 unspecified atom stereocenters. The molecule has 0 aromatic carbocycles. The normalized spacial score (nSPS) is 12.0. The molecule has 0 atom stereocenters. The van der Waals surface area contributed by atoms with Gasteiger partial charge in [-0.3, -0.25) is 0 Å². The molecule has 0 aliphatic rings. The fourth-order valence-electron chi connectivity index (χ4n) is 1.34. The number of nitrogens with zero attached hydrogens (tertiary/aromatic N) is 2. The summed E-state index contributed by atoms with van der Waals surface area (Å²) in [6, 6.07) is 0. The highest BCUT2D eigenvalue weighted by atomic mass is 16.5. The molecule has 1 aromatic heterocycles. The summed E-state index contributed by atoms with van der Waals surface area (Å²) in [4.78, 5) is 0. The SMILES string of the molecule is CCOCc1nnc(CCCNC(C)(C)C)o1. The Balaban J connectivity index is 2.21. The molecule has 5 heteroatoms. The zero-order valence-corrected chi connectivity index (χ0v) is 11.2. The monoisotopic (exact) mass is 241 g/mol. The second kappa shape index (κ2) is 6.71. The minimum atomic E-state index is 0.162. The number of ether oxygens (including phenoxy) is 1. The van der Waals surface area contributed by atoms with Crippen LogP contribution in [0, 0.1) is 0 Å². The number of nitrogens with one attached hydrogen (secondary N) is 1. The van der Waals surface area contributed by atoms with Crippen molar-refractivity contribution < 1.29 is 9.15 Å². The van der Waals surface area contributed by atoms with Crippen LogP contribution in [-0.2, 0) is 17.8 Å². The van der Waals surface area contributed by atoms with E-state index in [2.05, 4.69) is 36.3 Å². The van der Waals surface area contributed by atoms with E-state index in [0.717, 1.165) is 19.4 Å². The lowest BCUT2D eigenvalue weighted by molar-refractivity contribution is 0.113. The Kier molecular flexibility index (Phi) is 5.58. The summed E-state index contributed by atoms with van der Waals surface area (Å²) in [7, 11) is 0. The molecule has 1 heterocycles. The number of aryl methyl sites for hydroxylation is 1. The molecule has 0 fully saturated rings. The zero-order valence-electron chi connectivity index (χ0n) is 11.2. The first-order valence-corrected chi connectivity index (χ1v) is 6.15. The topological polar surface area (TPSA) is 60.2 Å². The molecule has 0 saturated carbocycles. The van der Waals surface area contributed by atoms with Crippen molar-refractivity contribution in [2.24, 2.45) is 0 Å². The predicted molar refractivity (Wildman–Crippen MR) is 65.7 cm³/mol. The van der Waals surface area contributed by atoms with E-state index in [1.54, 1.807) is 0 Å². The van der Waals surface area contributed by atoms with Crippen molar-refractivity contribution in [1.29, 1.82) is 0 Å². The summed E-state index contributed by atoms with van der Waals surface area (Å²) in [5, 5.41) is 11.3. The first-order chi connectivity index (χ1) is 8.01. The van der Waals surface area contributed by atoms with Gasteiger partial charge in [-0.2, -0.15) is 0 Å². The van der Waals surface area contributed by atoms with Crippen LogP contribution in [0.1, 0.15) is 45.9 Å². The largest absolute Gasteiger partial charge is 0.423 e. The fraction of sp³-hybridized carbons (Fsp3) is 0.833. The number of aromatic nitrogens is 2. The van der Waals surface area contributed by atoms with Gasteiger partial charge in [0.2, 0.25) is 11.8 Å². The van der Waals surface area contributed by atoms with E-state index in [-0.39, 0.29) is 5.54 Å². The van der Waals surface area contributed by atoms with Gasteiger partial charge in [-0.15, -0.1) is 10.2 Å². The van der Waals surface area contributed by atoms with Gasteiger partial charge in [0.25, 0.3) is 0 Å². The quantitative estimate of drug-likeness (QED) is 0.739. The van der Waals surface area contributed by atoms with Crippen molar-refractivity contribution in [3.05, 3.63) is 11.8 Å². The van der Waals surface area contributed by atoms with Crippen molar-refractivity contribution in [3.8, 4) is 0 Å². The molecule has 0 spiro atoms. The Morgan fingerprint density at radius 1 is 1.24 bits per heavy atom. The predicted octanol–water partition coefficient (Wildman–Crippen LogP) is 1.93. The summed E-state index contributed by atoms with van der Waals surface area (Å²) < 4.78 is 10.6. The number of hydrogen-bond acceptors (Lipinski definition) is 5. The molecule has 17 heavy (non-hydrogen) atoms. The van der Waals surface area contributed by atoms with Crippen LogP contribution in [0.2, 0.25) is 0 Å².